The smallest absolute Gasteiger partial charge is 0.253 e. The molecule has 1 saturated heterocycles. The van der Waals surface area contributed by atoms with E-state index in [2.05, 4.69) is 11.9 Å². The molecule has 0 radical (unpaired) electrons. The van der Waals surface area contributed by atoms with E-state index in [9.17, 15) is 14.7 Å². The Bertz CT molecular complexity index is 795. The number of carbonyl (C=O) groups is 1. The minimum absolute atomic E-state index is 0.0543. The van der Waals surface area contributed by atoms with Gasteiger partial charge in [0.05, 0.1) is 18.5 Å². The van der Waals surface area contributed by atoms with Crippen molar-refractivity contribution < 1.29 is 9.90 Å². The van der Waals surface area contributed by atoms with Gasteiger partial charge in [0.2, 0.25) is 5.91 Å². The number of piperidine rings is 1. The Morgan fingerprint density at radius 1 is 1.20 bits per heavy atom. The molecule has 0 aromatic carbocycles. The summed E-state index contributed by atoms with van der Waals surface area (Å²) < 4.78 is 1.53. The molecular weight excluding hydrogens is 378 g/mol. The number of rotatable bonds is 5. The SMILES string of the molecule is CC(CC1CCCCC1)C(=O)N1CCC(O)(Cn2cnccc2=O)C2(CCCC2)C1. The highest BCUT2D eigenvalue weighted by Crippen LogP contribution is 2.51. The average Bonchev–Trinajstić information content (AvgIpc) is 3.22. The summed E-state index contributed by atoms with van der Waals surface area (Å²) in [6.45, 7) is 3.54. The summed E-state index contributed by atoms with van der Waals surface area (Å²) in [6.07, 6.45) is 15.0. The topological polar surface area (TPSA) is 75.4 Å². The van der Waals surface area contributed by atoms with Crippen molar-refractivity contribution in [2.24, 2.45) is 17.3 Å². The molecule has 3 fully saturated rings. The van der Waals surface area contributed by atoms with E-state index in [1.54, 1.807) is 0 Å². The van der Waals surface area contributed by atoms with Gasteiger partial charge in [0, 0.05) is 36.7 Å². The van der Waals surface area contributed by atoms with Gasteiger partial charge in [-0.05, 0) is 31.6 Å². The molecule has 3 aliphatic rings. The van der Waals surface area contributed by atoms with Gasteiger partial charge in [0.15, 0.2) is 0 Å². The van der Waals surface area contributed by atoms with E-state index in [0.717, 1.165) is 32.1 Å². The fourth-order valence-corrected chi connectivity index (χ4v) is 6.40. The highest BCUT2D eigenvalue weighted by atomic mass is 16.3. The van der Waals surface area contributed by atoms with Gasteiger partial charge in [-0.15, -0.1) is 0 Å². The van der Waals surface area contributed by atoms with Crippen LogP contribution < -0.4 is 5.56 Å². The quantitative estimate of drug-likeness (QED) is 0.800. The molecule has 1 aliphatic heterocycles. The molecule has 1 spiro atoms. The summed E-state index contributed by atoms with van der Waals surface area (Å²) in [7, 11) is 0. The van der Waals surface area contributed by atoms with Gasteiger partial charge in [-0.25, -0.2) is 4.98 Å². The Morgan fingerprint density at radius 3 is 2.63 bits per heavy atom. The molecule has 1 amide bonds. The van der Waals surface area contributed by atoms with Crippen LogP contribution in [0.25, 0.3) is 0 Å². The van der Waals surface area contributed by atoms with Crippen LogP contribution >= 0.6 is 0 Å². The van der Waals surface area contributed by atoms with Crippen LogP contribution in [0.1, 0.15) is 77.6 Å². The summed E-state index contributed by atoms with van der Waals surface area (Å²) in [6, 6.07) is 1.44. The maximum Gasteiger partial charge on any atom is 0.253 e. The van der Waals surface area contributed by atoms with Crippen LogP contribution in [-0.4, -0.2) is 44.2 Å². The molecule has 0 bridgehead atoms. The van der Waals surface area contributed by atoms with E-state index in [4.69, 9.17) is 0 Å². The van der Waals surface area contributed by atoms with Crippen molar-refractivity contribution in [1.29, 1.82) is 0 Å². The first-order valence-electron chi connectivity index (χ1n) is 11.9. The van der Waals surface area contributed by atoms with Crippen molar-refractivity contribution in [2.45, 2.75) is 89.7 Å². The van der Waals surface area contributed by atoms with Gasteiger partial charge in [0.1, 0.15) is 0 Å². The van der Waals surface area contributed by atoms with Crippen LogP contribution in [0.5, 0.6) is 0 Å². The van der Waals surface area contributed by atoms with Gasteiger partial charge in [-0.3, -0.25) is 14.2 Å². The molecule has 6 nitrogen and oxygen atoms in total. The van der Waals surface area contributed by atoms with Crippen LogP contribution in [-0.2, 0) is 11.3 Å². The highest BCUT2D eigenvalue weighted by molar-refractivity contribution is 5.78. The maximum atomic E-state index is 13.3. The van der Waals surface area contributed by atoms with E-state index < -0.39 is 5.60 Å². The van der Waals surface area contributed by atoms with Gasteiger partial charge < -0.3 is 10.0 Å². The Morgan fingerprint density at radius 2 is 1.93 bits per heavy atom. The number of carbonyl (C=O) groups excluding carboxylic acids is 1. The van der Waals surface area contributed by atoms with Crippen molar-refractivity contribution in [3.63, 3.8) is 0 Å². The van der Waals surface area contributed by atoms with Crippen molar-refractivity contribution in [2.75, 3.05) is 13.1 Å². The summed E-state index contributed by atoms with van der Waals surface area (Å²) in [5, 5.41) is 11.8. The third-order valence-electron chi connectivity index (χ3n) is 8.21. The normalized spacial score (nSPS) is 28.0. The second kappa shape index (κ2) is 8.81. The molecular formula is C24H37N3O3. The van der Waals surface area contributed by atoms with Crippen LogP contribution in [0.15, 0.2) is 23.4 Å². The predicted octanol–water partition coefficient (Wildman–Crippen LogP) is 3.37. The van der Waals surface area contributed by atoms with E-state index in [1.165, 1.54) is 55.3 Å². The zero-order chi connectivity index (χ0) is 21.2. The lowest BCUT2D eigenvalue weighted by Gasteiger charge is -2.52. The van der Waals surface area contributed by atoms with Gasteiger partial charge in [-0.2, -0.15) is 0 Å². The molecule has 2 unspecified atom stereocenters. The van der Waals surface area contributed by atoms with Crippen LogP contribution in [0.4, 0.5) is 0 Å². The second-order valence-electron chi connectivity index (χ2n) is 10.2. The molecule has 1 aromatic heterocycles. The van der Waals surface area contributed by atoms with Crippen LogP contribution in [0.2, 0.25) is 0 Å². The maximum absolute atomic E-state index is 13.3. The number of hydrogen-bond donors (Lipinski definition) is 1. The van der Waals surface area contributed by atoms with Crippen molar-refractivity contribution in [3.05, 3.63) is 28.9 Å². The molecule has 4 rings (SSSR count). The first-order chi connectivity index (χ1) is 14.4. The van der Waals surface area contributed by atoms with Crippen LogP contribution in [0.3, 0.4) is 0 Å². The van der Waals surface area contributed by atoms with Gasteiger partial charge >= 0.3 is 0 Å². The molecule has 166 valence electrons. The second-order valence-corrected chi connectivity index (χ2v) is 10.2. The largest absolute Gasteiger partial charge is 0.387 e. The standard InChI is InChI=1S/C24H37N3O3/c1-19(15-20-7-3-2-4-8-20)22(29)26-14-12-24(30,23(16-26)10-5-6-11-23)17-27-18-25-13-9-21(27)28/h9,13,18-20,30H,2-8,10-12,14-17H2,1H3. The number of aromatic nitrogens is 2. The predicted molar refractivity (Wildman–Crippen MR) is 116 cm³/mol. The number of nitrogens with zero attached hydrogens (tertiary/aromatic N) is 3. The summed E-state index contributed by atoms with van der Waals surface area (Å²) in [4.78, 5) is 31.6. The van der Waals surface area contributed by atoms with E-state index in [1.807, 2.05) is 4.90 Å². The third kappa shape index (κ3) is 4.20. The lowest BCUT2D eigenvalue weighted by atomic mass is 9.65. The summed E-state index contributed by atoms with van der Waals surface area (Å²) >= 11 is 0. The third-order valence-corrected chi connectivity index (χ3v) is 8.21. The molecule has 2 aliphatic carbocycles. The zero-order valence-electron chi connectivity index (χ0n) is 18.4. The number of aliphatic hydroxyl groups is 1. The Labute approximate surface area is 179 Å². The van der Waals surface area contributed by atoms with E-state index >= 15 is 0 Å². The Balaban J connectivity index is 1.47. The fraction of sp³-hybridized carbons (Fsp3) is 0.792. The number of likely N-dealkylation sites (tertiary alicyclic amines) is 1. The lowest BCUT2D eigenvalue weighted by molar-refractivity contribution is -0.163. The number of amides is 1. The van der Waals surface area contributed by atoms with Crippen LogP contribution in [0, 0.1) is 17.3 Å². The Hall–Kier alpha value is -1.69. The van der Waals surface area contributed by atoms with Gasteiger partial charge in [-0.1, -0.05) is 51.9 Å². The van der Waals surface area contributed by atoms with Crippen molar-refractivity contribution in [1.82, 2.24) is 14.5 Å². The molecule has 6 heteroatoms. The van der Waals surface area contributed by atoms with Crippen molar-refractivity contribution in [3.8, 4) is 0 Å². The van der Waals surface area contributed by atoms with E-state index in [0.29, 0.717) is 25.4 Å². The van der Waals surface area contributed by atoms with Crippen molar-refractivity contribution >= 4 is 5.91 Å². The number of hydrogen-bond acceptors (Lipinski definition) is 4. The fourth-order valence-electron chi connectivity index (χ4n) is 6.40. The first-order valence-corrected chi connectivity index (χ1v) is 11.9. The monoisotopic (exact) mass is 415 g/mol. The minimum Gasteiger partial charge on any atom is -0.387 e. The first kappa shape index (κ1) is 21.5. The molecule has 1 N–H and O–H groups in total. The molecule has 30 heavy (non-hydrogen) atoms. The molecule has 1 aromatic rings. The minimum atomic E-state index is -0.972. The Kier molecular flexibility index (Phi) is 6.33. The highest BCUT2D eigenvalue weighted by Gasteiger charge is 2.55. The summed E-state index contributed by atoms with van der Waals surface area (Å²) in [5.41, 5.74) is -1.42. The van der Waals surface area contributed by atoms with E-state index in [-0.39, 0.29) is 29.3 Å². The average molecular weight is 416 g/mol. The zero-order valence-corrected chi connectivity index (χ0v) is 18.4. The molecule has 2 saturated carbocycles. The summed E-state index contributed by atoms with van der Waals surface area (Å²) in [5.74, 6) is 1.00. The molecule has 2 heterocycles. The van der Waals surface area contributed by atoms with Gasteiger partial charge in [0.25, 0.3) is 5.56 Å². The molecule has 2 atom stereocenters. The lowest BCUT2D eigenvalue weighted by Crippen LogP contribution is -2.62.